The summed E-state index contributed by atoms with van der Waals surface area (Å²) < 4.78 is 1.11. The predicted octanol–water partition coefficient (Wildman–Crippen LogP) is 6.12. The molecule has 1 heterocycles. The Morgan fingerprint density at radius 1 is 0.933 bits per heavy atom. The summed E-state index contributed by atoms with van der Waals surface area (Å²) in [7, 11) is 0. The van der Waals surface area contributed by atoms with Gasteiger partial charge in [0.2, 0.25) is 5.91 Å². The Hall–Kier alpha value is -2.98. The molecule has 152 valence electrons. The fraction of sp³-hybridized carbons (Fsp3) is 0.231. The smallest absolute Gasteiger partial charge is 0.227 e. The minimum Gasteiger partial charge on any atom is -0.352 e. The number of thiazole rings is 1. The summed E-state index contributed by atoms with van der Waals surface area (Å²) in [6, 6.07) is 24.9. The number of amides is 1. The summed E-state index contributed by atoms with van der Waals surface area (Å²) in [6.45, 7) is 7.12. The average molecular weight is 415 g/mol. The molecule has 0 bridgehead atoms. The van der Waals surface area contributed by atoms with Crippen LogP contribution in [0.3, 0.4) is 0 Å². The Morgan fingerprint density at radius 2 is 1.67 bits per heavy atom. The summed E-state index contributed by atoms with van der Waals surface area (Å²) in [5, 5.41) is 3.91. The Kier molecular flexibility index (Phi) is 5.69. The molecule has 0 atom stereocenters. The molecule has 3 aromatic carbocycles. The van der Waals surface area contributed by atoms with Gasteiger partial charge in [-0.3, -0.25) is 4.79 Å². The average Bonchev–Trinajstić information content (AvgIpc) is 3.13. The molecule has 0 saturated heterocycles. The third-order valence-electron chi connectivity index (χ3n) is 5.15. The van der Waals surface area contributed by atoms with Crippen LogP contribution in [-0.2, 0) is 23.2 Å². The van der Waals surface area contributed by atoms with Gasteiger partial charge >= 0.3 is 0 Å². The number of benzene rings is 3. The molecule has 1 aromatic heterocycles. The summed E-state index contributed by atoms with van der Waals surface area (Å²) in [6.07, 6.45) is 0.303. The number of hydrogen-bond acceptors (Lipinski definition) is 3. The van der Waals surface area contributed by atoms with Gasteiger partial charge in [0, 0.05) is 6.54 Å². The second-order valence-corrected chi connectivity index (χ2v) is 9.63. The van der Waals surface area contributed by atoms with Crippen molar-refractivity contribution in [2.24, 2.45) is 0 Å². The standard InChI is InChI=1S/C26H26N2OS/c1-26(2,3)21-12-8-7-11-20(21)17-27-24(29)16-25-28-22-14-13-19(15-23(22)30-25)18-9-5-4-6-10-18/h4-15H,16-17H2,1-3H3,(H,27,29). The Morgan fingerprint density at radius 3 is 2.43 bits per heavy atom. The minimum atomic E-state index is 0.000973. The van der Waals surface area contributed by atoms with Crippen molar-refractivity contribution >= 4 is 27.5 Å². The highest BCUT2D eigenvalue weighted by Gasteiger charge is 2.18. The van der Waals surface area contributed by atoms with Crippen LogP contribution in [-0.4, -0.2) is 10.9 Å². The van der Waals surface area contributed by atoms with Gasteiger partial charge < -0.3 is 5.32 Å². The molecular formula is C26H26N2OS. The van der Waals surface area contributed by atoms with Crippen molar-refractivity contribution in [2.45, 2.75) is 39.2 Å². The quantitative estimate of drug-likeness (QED) is 0.427. The maximum Gasteiger partial charge on any atom is 0.227 e. The van der Waals surface area contributed by atoms with E-state index >= 15 is 0 Å². The molecule has 0 fully saturated rings. The molecule has 4 aromatic rings. The van der Waals surface area contributed by atoms with Gasteiger partial charge in [0.05, 0.1) is 16.6 Å². The van der Waals surface area contributed by atoms with Crippen molar-refractivity contribution in [3.8, 4) is 11.1 Å². The monoisotopic (exact) mass is 414 g/mol. The predicted molar refractivity (Wildman–Crippen MR) is 126 cm³/mol. The summed E-state index contributed by atoms with van der Waals surface area (Å²) in [5.41, 5.74) is 5.77. The van der Waals surface area contributed by atoms with Crippen molar-refractivity contribution in [1.82, 2.24) is 10.3 Å². The zero-order valence-corrected chi connectivity index (χ0v) is 18.4. The summed E-state index contributed by atoms with van der Waals surface area (Å²) >= 11 is 1.59. The fourth-order valence-corrected chi connectivity index (χ4v) is 4.66. The van der Waals surface area contributed by atoms with Crippen LogP contribution in [0.2, 0.25) is 0 Å². The number of aromatic nitrogens is 1. The van der Waals surface area contributed by atoms with Gasteiger partial charge in [-0.2, -0.15) is 0 Å². The van der Waals surface area contributed by atoms with E-state index in [1.165, 1.54) is 16.7 Å². The second-order valence-electron chi connectivity index (χ2n) is 8.52. The largest absolute Gasteiger partial charge is 0.352 e. The van der Waals surface area contributed by atoms with Gasteiger partial charge in [-0.1, -0.05) is 81.4 Å². The van der Waals surface area contributed by atoms with E-state index in [4.69, 9.17) is 0 Å². The highest BCUT2D eigenvalue weighted by molar-refractivity contribution is 7.18. The number of nitrogens with zero attached hydrogens (tertiary/aromatic N) is 1. The number of carbonyl (C=O) groups excluding carboxylic acids is 1. The normalized spacial score (nSPS) is 11.6. The Bertz CT molecular complexity index is 1170. The van der Waals surface area contributed by atoms with E-state index in [0.717, 1.165) is 20.8 Å². The number of carbonyl (C=O) groups is 1. The zero-order valence-electron chi connectivity index (χ0n) is 17.6. The number of hydrogen-bond donors (Lipinski definition) is 1. The first-order valence-corrected chi connectivity index (χ1v) is 11.0. The molecule has 30 heavy (non-hydrogen) atoms. The van der Waals surface area contributed by atoms with Gasteiger partial charge in [0.25, 0.3) is 0 Å². The molecule has 1 amide bonds. The SMILES string of the molecule is CC(C)(C)c1ccccc1CNC(=O)Cc1nc2ccc(-c3ccccc3)cc2s1. The highest BCUT2D eigenvalue weighted by atomic mass is 32.1. The Labute approximate surface area is 181 Å². The highest BCUT2D eigenvalue weighted by Crippen LogP contribution is 2.29. The molecule has 4 rings (SSSR count). The lowest BCUT2D eigenvalue weighted by Gasteiger charge is -2.23. The molecule has 0 unspecified atom stereocenters. The second kappa shape index (κ2) is 8.41. The molecule has 3 nitrogen and oxygen atoms in total. The number of rotatable bonds is 5. The fourth-order valence-electron chi connectivity index (χ4n) is 3.66. The first-order chi connectivity index (χ1) is 14.4. The molecule has 0 radical (unpaired) electrons. The molecule has 0 aliphatic rings. The lowest BCUT2D eigenvalue weighted by Crippen LogP contribution is -2.26. The lowest BCUT2D eigenvalue weighted by molar-refractivity contribution is -0.120. The molecule has 0 saturated carbocycles. The van der Waals surface area contributed by atoms with Crippen molar-refractivity contribution < 1.29 is 4.79 Å². The molecule has 1 N–H and O–H groups in total. The maximum absolute atomic E-state index is 12.6. The van der Waals surface area contributed by atoms with Crippen LogP contribution in [0.4, 0.5) is 0 Å². The molecule has 0 aliphatic carbocycles. The van der Waals surface area contributed by atoms with E-state index in [0.29, 0.717) is 13.0 Å². The van der Waals surface area contributed by atoms with Gasteiger partial charge in [0.15, 0.2) is 0 Å². The van der Waals surface area contributed by atoms with E-state index in [1.54, 1.807) is 11.3 Å². The zero-order chi connectivity index (χ0) is 21.1. The van der Waals surface area contributed by atoms with Crippen molar-refractivity contribution in [1.29, 1.82) is 0 Å². The van der Waals surface area contributed by atoms with Crippen LogP contribution in [0.15, 0.2) is 72.8 Å². The van der Waals surface area contributed by atoms with Crippen LogP contribution in [0.25, 0.3) is 21.3 Å². The molecule has 0 aliphatic heterocycles. The third-order valence-corrected chi connectivity index (χ3v) is 6.17. The van der Waals surface area contributed by atoms with Gasteiger partial charge in [-0.15, -0.1) is 11.3 Å². The van der Waals surface area contributed by atoms with Gasteiger partial charge in [0.1, 0.15) is 5.01 Å². The summed E-state index contributed by atoms with van der Waals surface area (Å²) in [4.78, 5) is 17.2. The molecular weight excluding hydrogens is 388 g/mol. The van der Waals surface area contributed by atoms with Crippen LogP contribution < -0.4 is 5.32 Å². The molecule has 4 heteroatoms. The topological polar surface area (TPSA) is 42.0 Å². The first kappa shape index (κ1) is 20.3. The van der Waals surface area contributed by atoms with E-state index in [-0.39, 0.29) is 11.3 Å². The number of fused-ring (bicyclic) bond motifs is 1. The van der Waals surface area contributed by atoms with E-state index in [2.05, 4.69) is 73.5 Å². The maximum atomic E-state index is 12.6. The van der Waals surface area contributed by atoms with E-state index in [1.807, 2.05) is 30.3 Å². The Balaban J connectivity index is 1.45. The molecule has 0 spiro atoms. The van der Waals surface area contributed by atoms with Crippen molar-refractivity contribution in [3.05, 3.63) is 88.9 Å². The van der Waals surface area contributed by atoms with Gasteiger partial charge in [-0.25, -0.2) is 4.98 Å². The van der Waals surface area contributed by atoms with Crippen LogP contribution in [0, 0.1) is 0 Å². The minimum absolute atomic E-state index is 0.000973. The first-order valence-electron chi connectivity index (χ1n) is 10.2. The van der Waals surface area contributed by atoms with E-state index < -0.39 is 0 Å². The van der Waals surface area contributed by atoms with Crippen molar-refractivity contribution in [2.75, 3.05) is 0 Å². The van der Waals surface area contributed by atoms with Crippen LogP contribution in [0.5, 0.6) is 0 Å². The summed E-state index contributed by atoms with van der Waals surface area (Å²) in [5.74, 6) is 0.000973. The van der Waals surface area contributed by atoms with Gasteiger partial charge in [-0.05, 0) is 39.8 Å². The van der Waals surface area contributed by atoms with Crippen molar-refractivity contribution in [3.63, 3.8) is 0 Å². The number of nitrogens with one attached hydrogen (secondary N) is 1. The van der Waals surface area contributed by atoms with Crippen LogP contribution >= 0.6 is 11.3 Å². The third kappa shape index (κ3) is 4.60. The van der Waals surface area contributed by atoms with E-state index in [9.17, 15) is 4.79 Å². The van der Waals surface area contributed by atoms with Crippen LogP contribution in [0.1, 0.15) is 36.9 Å². The lowest BCUT2D eigenvalue weighted by atomic mass is 9.84.